The third-order valence-corrected chi connectivity index (χ3v) is 2.84. The molecule has 5 heteroatoms. The van der Waals surface area contributed by atoms with E-state index in [1.165, 1.54) is 6.34 Å². The Labute approximate surface area is 80.2 Å². The Morgan fingerprint density at radius 1 is 1.64 bits per heavy atom. The Kier molecular flexibility index (Phi) is 1.22. The highest BCUT2D eigenvalue weighted by molar-refractivity contribution is 5.89. The molecule has 5 nitrogen and oxygen atoms in total. The average molecular weight is 185 g/mol. The molecule has 2 aliphatic rings. The number of H-pyrrole nitrogens is 1. The van der Waals surface area contributed by atoms with Gasteiger partial charge in [-0.05, 0) is 6.42 Å². The normalized spacial score (nSPS) is 32.4. The Balaban J connectivity index is 2.17. The minimum Gasteiger partial charge on any atom is -0.261 e. The Hall–Kier alpha value is -1.96. The summed E-state index contributed by atoms with van der Waals surface area (Å²) in [7, 11) is 0. The highest BCUT2D eigenvalue weighted by Gasteiger charge is 2.57. The van der Waals surface area contributed by atoms with Gasteiger partial charge in [-0.2, -0.15) is 10.4 Å². The van der Waals surface area contributed by atoms with Crippen LogP contribution in [0.1, 0.15) is 12.0 Å². The highest BCUT2D eigenvalue weighted by atomic mass is 15.2. The van der Waals surface area contributed by atoms with Gasteiger partial charge in [-0.1, -0.05) is 0 Å². The molecule has 3 rings (SSSR count). The number of hydrogen-bond donors (Lipinski definition) is 1. The SMILES string of the molecule is N#CC1CC12C=NC=Nc1[nH]ncc12. The predicted molar refractivity (Wildman–Crippen MR) is 50.6 cm³/mol. The van der Waals surface area contributed by atoms with Crippen molar-refractivity contribution in [1.29, 1.82) is 5.26 Å². The summed E-state index contributed by atoms with van der Waals surface area (Å²) in [5, 5.41) is 15.6. The minimum atomic E-state index is -0.229. The first-order valence-electron chi connectivity index (χ1n) is 4.37. The van der Waals surface area contributed by atoms with Crippen LogP contribution in [0, 0.1) is 17.2 Å². The Bertz CT molecular complexity index is 478. The van der Waals surface area contributed by atoms with Crippen LogP contribution in [0.25, 0.3) is 0 Å². The lowest BCUT2D eigenvalue weighted by atomic mass is 9.97. The second-order valence-corrected chi connectivity index (χ2v) is 3.58. The van der Waals surface area contributed by atoms with Crippen molar-refractivity contribution in [2.45, 2.75) is 11.8 Å². The fourth-order valence-electron chi connectivity index (χ4n) is 1.93. The molecule has 14 heavy (non-hydrogen) atoms. The summed E-state index contributed by atoms with van der Waals surface area (Å²) in [5.41, 5.74) is 0.759. The molecule has 0 bridgehead atoms. The first-order chi connectivity index (χ1) is 6.87. The molecule has 0 radical (unpaired) electrons. The molecule has 1 aliphatic carbocycles. The van der Waals surface area contributed by atoms with Crippen molar-refractivity contribution in [3.05, 3.63) is 11.8 Å². The van der Waals surface area contributed by atoms with Gasteiger partial charge in [0.05, 0.1) is 23.6 Å². The summed E-state index contributed by atoms with van der Waals surface area (Å²) < 4.78 is 0. The molecular weight excluding hydrogens is 178 g/mol. The maximum Gasteiger partial charge on any atom is 0.153 e. The van der Waals surface area contributed by atoms with Crippen molar-refractivity contribution in [3.8, 4) is 6.07 Å². The predicted octanol–water partition coefficient (Wildman–Crippen LogP) is 0.935. The largest absolute Gasteiger partial charge is 0.261 e. The standard InChI is InChI=1S/C9H7N5/c10-2-6-1-9(6)4-11-5-12-8-7(9)3-13-14-8/h3-6H,1H2,(H,13,14). The van der Waals surface area contributed by atoms with Crippen LogP contribution >= 0.6 is 0 Å². The first kappa shape index (κ1) is 7.44. The van der Waals surface area contributed by atoms with Gasteiger partial charge in [0, 0.05) is 11.8 Å². The molecule has 1 fully saturated rings. The summed E-state index contributed by atoms with van der Waals surface area (Å²) >= 11 is 0. The van der Waals surface area contributed by atoms with Gasteiger partial charge in [0.15, 0.2) is 5.82 Å². The maximum atomic E-state index is 8.90. The molecule has 1 aromatic heterocycles. The second kappa shape index (κ2) is 2.29. The molecule has 1 aromatic rings. The lowest BCUT2D eigenvalue weighted by Gasteiger charge is -2.05. The van der Waals surface area contributed by atoms with Crippen LogP contribution in [0.3, 0.4) is 0 Å². The van der Waals surface area contributed by atoms with E-state index in [-0.39, 0.29) is 11.3 Å². The average Bonchev–Trinajstić information content (AvgIpc) is 2.79. The van der Waals surface area contributed by atoms with E-state index in [4.69, 9.17) is 5.26 Å². The zero-order chi connectivity index (χ0) is 9.60. The number of aliphatic imine (C=N–C) groups is 2. The molecule has 1 aliphatic heterocycles. The molecule has 1 spiro atoms. The van der Waals surface area contributed by atoms with E-state index < -0.39 is 0 Å². The van der Waals surface area contributed by atoms with Crippen LogP contribution in [-0.4, -0.2) is 22.8 Å². The van der Waals surface area contributed by atoms with Crippen LogP contribution in [0.15, 0.2) is 16.2 Å². The van der Waals surface area contributed by atoms with Crippen molar-refractivity contribution in [2.24, 2.45) is 15.9 Å². The summed E-state index contributed by atoms with van der Waals surface area (Å²) in [6, 6.07) is 2.27. The number of nitrogens with one attached hydrogen (secondary N) is 1. The van der Waals surface area contributed by atoms with Crippen molar-refractivity contribution >= 4 is 18.4 Å². The fraction of sp³-hybridized carbons (Fsp3) is 0.333. The van der Waals surface area contributed by atoms with Crippen LogP contribution in [0.2, 0.25) is 0 Å². The Morgan fingerprint density at radius 2 is 2.57 bits per heavy atom. The molecule has 1 N–H and O–H groups in total. The Morgan fingerprint density at radius 3 is 3.36 bits per heavy atom. The number of aromatic nitrogens is 2. The van der Waals surface area contributed by atoms with E-state index in [0.717, 1.165) is 17.8 Å². The zero-order valence-corrected chi connectivity index (χ0v) is 7.31. The number of fused-ring (bicyclic) bond motifs is 2. The third-order valence-electron chi connectivity index (χ3n) is 2.84. The smallest absolute Gasteiger partial charge is 0.153 e. The summed E-state index contributed by atoms with van der Waals surface area (Å²) in [6.07, 6.45) is 5.86. The number of rotatable bonds is 0. The summed E-state index contributed by atoms with van der Waals surface area (Å²) in [5.74, 6) is 0.740. The number of nitrogens with zero attached hydrogens (tertiary/aromatic N) is 4. The fourth-order valence-corrected chi connectivity index (χ4v) is 1.93. The van der Waals surface area contributed by atoms with Crippen molar-refractivity contribution in [2.75, 3.05) is 0 Å². The minimum absolute atomic E-state index is 0.0179. The van der Waals surface area contributed by atoms with Crippen LogP contribution < -0.4 is 0 Å². The first-order valence-corrected chi connectivity index (χ1v) is 4.37. The molecular formula is C9H7N5. The zero-order valence-electron chi connectivity index (χ0n) is 7.31. The molecule has 0 amide bonds. The number of aromatic amines is 1. The quantitative estimate of drug-likeness (QED) is 0.652. The topological polar surface area (TPSA) is 77.2 Å². The van der Waals surface area contributed by atoms with Gasteiger partial charge in [0.1, 0.15) is 6.34 Å². The van der Waals surface area contributed by atoms with Crippen LogP contribution in [0.4, 0.5) is 5.82 Å². The van der Waals surface area contributed by atoms with Gasteiger partial charge in [-0.15, -0.1) is 0 Å². The van der Waals surface area contributed by atoms with Gasteiger partial charge in [-0.25, -0.2) is 9.98 Å². The monoisotopic (exact) mass is 185 g/mol. The van der Waals surface area contributed by atoms with Gasteiger partial charge in [0.2, 0.25) is 0 Å². The number of hydrogen-bond acceptors (Lipinski definition) is 4. The third kappa shape index (κ3) is 0.752. The molecule has 0 aromatic carbocycles. The molecule has 0 saturated heterocycles. The van der Waals surface area contributed by atoms with Crippen molar-refractivity contribution in [1.82, 2.24) is 10.2 Å². The van der Waals surface area contributed by atoms with Gasteiger partial charge in [0.25, 0.3) is 0 Å². The van der Waals surface area contributed by atoms with E-state index in [1.807, 2.05) is 6.21 Å². The molecule has 2 heterocycles. The van der Waals surface area contributed by atoms with Crippen molar-refractivity contribution < 1.29 is 0 Å². The van der Waals surface area contributed by atoms with Crippen LogP contribution in [0.5, 0.6) is 0 Å². The lowest BCUT2D eigenvalue weighted by Crippen LogP contribution is -2.10. The molecule has 1 saturated carbocycles. The molecule has 2 unspecified atom stereocenters. The maximum absolute atomic E-state index is 8.90. The lowest BCUT2D eigenvalue weighted by molar-refractivity contribution is 0.908. The second-order valence-electron chi connectivity index (χ2n) is 3.58. The van der Waals surface area contributed by atoms with Gasteiger partial charge >= 0.3 is 0 Å². The summed E-state index contributed by atoms with van der Waals surface area (Å²) in [6.45, 7) is 0. The van der Waals surface area contributed by atoms with Crippen molar-refractivity contribution in [3.63, 3.8) is 0 Å². The van der Waals surface area contributed by atoms with E-state index in [2.05, 4.69) is 26.3 Å². The van der Waals surface area contributed by atoms with Gasteiger partial charge < -0.3 is 0 Å². The number of nitriles is 1. The molecule has 2 atom stereocenters. The highest BCUT2D eigenvalue weighted by Crippen LogP contribution is 2.55. The van der Waals surface area contributed by atoms with Gasteiger partial charge in [-0.3, -0.25) is 5.10 Å². The van der Waals surface area contributed by atoms with E-state index in [9.17, 15) is 0 Å². The van der Waals surface area contributed by atoms with Crippen LogP contribution in [-0.2, 0) is 5.41 Å². The van der Waals surface area contributed by atoms with E-state index in [1.54, 1.807) is 6.20 Å². The molecule has 68 valence electrons. The van der Waals surface area contributed by atoms with E-state index >= 15 is 0 Å². The van der Waals surface area contributed by atoms with E-state index in [0.29, 0.717) is 0 Å². The summed E-state index contributed by atoms with van der Waals surface area (Å²) in [4.78, 5) is 8.16.